The number of rotatable bonds is 12. The van der Waals surface area contributed by atoms with Gasteiger partial charge in [0.1, 0.15) is 0 Å². The zero-order chi connectivity index (χ0) is 39.5. The molecule has 284 valence electrons. The molecule has 3 aromatic carbocycles. The third-order valence-electron chi connectivity index (χ3n) is 10.9. The van der Waals surface area contributed by atoms with Gasteiger partial charge in [-0.3, -0.25) is 0 Å². The van der Waals surface area contributed by atoms with E-state index in [2.05, 4.69) is 112 Å². The molecule has 0 radical (unpaired) electrons. The van der Waals surface area contributed by atoms with Crippen LogP contribution >= 0.6 is 0 Å². The lowest BCUT2D eigenvalue weighted by Gasteiger charge is -2.14. The fourth-order valence-corrected chi connectivity index (χ4v) is 7.84. The number of nitrogens with zero attached hydrogens (tertiary/aromatic N) is 9. The molecule has 1 aliphatic rings. The summed E-state index contributed by atoms with van der Waals surface area (Å²) < 4.78 is 3.99. The molecule has 7 aromatic rings. The first kappa shape index (κ1) is 37.4. The minimum Gasteiger partial charge on any atom is -0.248 e. The lowest BCUT2D eigenvalue weighted by atomic mass is 9.93. The molecule has 0 aliphatic heterocycles. The van der Waals surface area contributed by atoms with E-state index in [0.29, 0.717) is 18.0 Å². The van der Waals surface area contributed by atoms with Crippen LogP contribution in [0.1, 0.15) is 88.7 Å². The van der Waals surface area contributed by atoms with Crippen molar-refractivity contribution >= 4 is 28.4 Å². The minimum absolute atomic E-state index is 0.534. The molecule has 57 heavy (non-hydrogen) atoms. The van der Waals surface area contributed by atoms with Crippen LogP contribution in [0.25, 0.3) is 16.3 Å². The molecule has 9 heteroatoms. The molecule has 0 amide bonds. The van der Waals surface area contributed by atoms with E-state index in [4.69, 9.17) is 25.2 Å². The van der Waals surface area contributed by atoms with E-state index in [1.165, 1.54) is 16.7 Å². The van der Waals surface area contributed by atoms with Crippen LogP contribution in [0.3, 0.4) is 0 Å². The van der Waals surface area contributed by atoms with Gasteiger partial charge in [0.05, 0.1) is 22.8 Å². The van der Waals surface area contributed by atoms with Crippen molar-refractivity contribution in [3.05, 3.63) is 182 Å². The van der Waals surface area contributed by atoms with Crippen LogP contribution in [0.4, 0.5) is 11.4 Å². The van der Waals surface area contributed by atoms with Gasteiger partial charge in [0.2, 0.25) is 5.39 Å². The Balaban J connectivity index is 1.03. The normalized spacial score (nSPS) is 14.4. The average molecular weight is 751 g/mol. The number of aliphatic imine (C=N–C) groups is 1. The van der Waals surface area contributed by atoms with Gasteiger partial charge in [0.15, 0.2) is 16.3 Å². The lowest BCUT2D eigenvalue weighted by molar-refractivity contribution is 0.734. The van der Waals surface area contributed by atoms with Gasteiger partial charge in [-0.2, -0.15) is 10.2 Å². The van der Waals surface area contributed by atoms with E-state index in [9.17, 15) is 5.39 Å². The number of diazo groups is 1. The third kappa shape index (κ3) is 8.08. The first-order valence-electron chi connectivity index (χ1n) is 20.0. The molecule has 0 saturated carbocycles. The predicted octanol–water partition coefficient (Wildman–Crippen LogP) is 10.7. The van der Waals surface area contributed by atoms with Crippen LogP contribution in [0, 0.1) is 32.1 Å². The lowest BCUT2D eigenvalue weighted by Crippen LogP contribution is -2.07. The molecule has 0 bridgehead atoms. The van der Waals surface area contributed by atoms with Crippen molar-refractivity contribution in [3.63, 3.8) is 0 Å². The molecular weight excluding hydrogens is 703 g/mol. The molecule has 0 N–H and O–H groups in total. The standard InChI is InChI=1S/C48H48N9/c1-6-44-42(29-35-17-23-39(24-18-35)51-46(37-11-8-7-9-12-37)38-21-15-31(2)16-22-38)48-52-41(28-34(5)57(48)54-44)13-10-14-45-43(30-36-19-25-40(53-49)26-20-36)47-50-32(3)27-33(4)56(47)55-45/h7-9,11-12,15,17-28,31H,6,10,13-14,16,29-30H2,1-5H3/q+1. The Morgan fingerprint density at radius 1 is 0.789 bits per heavy atom. The highest BCUT2D eigenvalue weighted by atomic mass is 15.3. The summed E-state index contributed by atoms with van der Waals surface area (Å²) in [5, 5.41) is 19.3. The quantitative estimate of drug-likeness (QED) is 0.0914. The SMILES string of the molecule is CCc1nn2c(C)cc(CCCc3nn4c(C)cc(C)nc4c3Cc3ccc([N+]#N)cc3)nc2c1Cc1ccc(N=C(C2=CCC(C)C=C2)c2ccccc2)cc1. The van der Waals surface area contributed by atoms with Crippen LogP contribution in [0.5, 0.6) is 0 Å². The minimum atomic E-state index is 0.534. The molecule has 1 unspecified atom stereocenters. The summed E-state index contributed by atoms with van der Waals surface area (Å²) >= 11 is 0. The molecule has 4 aromatic heterocycles. The van der Waals surface area contributed by atoms with Crippen molar-refractivity contribution in [1.82, 2.24) is 29.2 Å². The number of allylic oxidation sites excluding steroid dienone is 4. The zero-order valence-electron chi connectivity index (χ0n) is 33.4. The number of aromatic nitrogens is 6. The van der Waals surface area contributed by atoms with Crippen molar-refractivity contribution in [2.45, 2.75) is 79.6 Å². The molecule has 1 atom stereocenters. The van der Waals surface area contributed by atoms with Crippen LogP contribution in [-0.2, 0) is 32.1 Å². The highest BCUT2D eigenvalue weighted by Crippen LogP contribution is 2.27. The third-order valence-corrected chi connectivity index (χ3v) is 10.9. The molecule has 8 rings (SSSR count). The second-order valence-electron chi connectivity index (χ2n) is 15.3. The molecule has 0 saturated heterocycles. The fraction of sp³-hybridized carbons (Fsp3) is 0.271. The second-order valence-corrected chi connectivity index (χ2v) is 15.3. The van der Waals surface area contributed by atoms with Crippen LogP contribution < -0.4 is 0 Å². The van der Waals surface area contributed by atoms with Crippen molar-refractivity contribution in [1.29, 1.82) is 5.39 Å². The first-order chi connectivity index (χ1) is 27.8. The molecular formula is C48H48N9+. The van der Waals surface area contributed by atoms with E-state index in [-0.39, 0.29) is 0 Å². The van der Waals surface area contributed by atoms with E-state index >= 15 is 0 Å². The summed E-state index contributed by atoms with van der Waals surface area (Å²) in [5.74, 6) is 0.543. The highest BCUT2D eigenvalue weighted by Gasteiger charge is 2.20. The Morgan fingerprint density at radius 3 is 2.11 bits per heavy atom. The van der Waals surface area contributed by atoms with Crippen molar-refractivity contribution in [3.8, 4) is 0 Å². The number of hydrogen-bond donors (Lipinski definition) is 0. The monoisotopic (exact) mass is 750 g/mol. The number of aryl methyl sites for hydroxylation is 6. The van der Waals surface area contributed by atoms with Gasteiger partial charge < -0.3 is 0 Å². The van der Waals surface area contributed by atoms with Crippen LogP contribution in [0.2, 0.25) is 0 Å². The predicted molar refractivity (Wildman–Crippen MR) is 228 cm³/mol. The summed E-state index contributed by atoms with van der Waals surface area (Å²) in [7, 11) is 0. The van der Waals surface area contributed by atoms with Crippen molar-refractivity contribution in [2.24, 2.45) is 10.9 Å². The number of hydrogen-bond acceptors (Lipinski definition) is 6. The van der Waals surface area contributed by atoms with Gasteiger partial charge in [0.25, 0.3) is 0 Å². The maximum absolute atomic E-state index is 9.18. The second kappa shape index (κ2) is 16.3. The Labute approximate surface area is 334 Å². The topological polar surface area (TPSA) is 101 Å². The molecule has 1 aliphatic carbocycles. The number of benzene rings is 3. The Hall–Kier alpha value is -6.53. The maximum atomic E-state index is 9.18. The van der Waals surface area contributed by atoms with E-state index in [1.54, 1.807) is 0 Å². The first-order valence-corrected chi connectivity index (χ1v) is 20.0. The fourth-order valence-electron chi connectivity index (χ4n) is 7.84. The van der Waals surface area contributed by atoms with Gasteiger partial charge >= 0.3 is 5.69 Å². The van der Waals surface area contributed by atoms with Crippen LogP contribution in [0.15, 0.2) is 120 Å². The summed E-state index contributed by atoms with van der Waals surface area (Å²) in [6.07, 6.45) is 12.6. The smallest absolute Gasteiger partial charge is 0.248 e. The van der Waals surface area contributed by atoms with Gasteiger partial charge in [-0.05, 0) is 99.8 Å². The van der Waals surface area contributed by atoms with E-state index in [1.807, 2.05) is 46.3 Å². The molecule has 0 fully saturated rings. The van der Waals surface area contributed by atoms with E-state index < -0.39 is 0 Å². The van der Waals surface area contributed by atoms with Gasteiger partial charge in [0, 0.05) is 64.4 Å². The Bertz CT molecular complexity index is 2710. The number of fused-ring (bicyclic) bond motifs is 2. The van der Waals surface area contributed by atoms with Crippen LogP contribution in [-0.4, -0.2) is 34.9 Å². The molecule has 4 heterocycles. The zero-order valence-corrected chi connectivity index (χ0v) is 33.4. The van der Waals surface area contributed by atoms with Gasteiger partial charge in [-0.1, -0.05) is 86.7 Å². The van der Waals surface area contributed by atoms with E-state index in [0.717, 1.165) is 112 Å². The Morgan fingerprint density at radius 2 is 1.44 bits per heavy atom. The average Bonchev–Trinajstić information content (AvgIpc) is 3.76. The summed E-state index contributed by atoms with van der Waals surface area (Å²) in [6.45, 7) is 10.6. The van der Waals surface area contributed by atoms with Crippen molar-refractivity contribution in [2.75, 3.05) is 0 Å². The molecule has 9 nitrogen and oxygen atoms in total. The summed E-state index contributed by atoms with van der Waals surface area (Å²) in [5.41, 5.74) is 17.5. The van der Waals surface area contributed by atoms with Gasteiger partial charge in [-0.15, -0.1) is 0 Å². The van der Waals surface area contributed by atoms with Gasteiger partial charge in [-0.25, -0.2) is 24.0 Å². The maximum Gasteiger partial charge on any atom is 0.385 e. The summed E-state index contributed by atoms with van der Waals surface area (Å²) in [4.78, 5) is 18.7. The van der Waals surface area contributed by atoms with Crippen molar-refractivity contribution < 1.29 is 0 Å². The summed E-state index contributed by atoms with van der Waals surface area (Å²) in [6, 6.07) is 31.0. The largest absolute Gasteiger partial charge is 0.385 e. The Kier molecular flexibility index (Phi) is 10.7. The molecule has 0 spiro atoms. The highest BCUT2D eigenvalue weighted by molar-refractivity contribution is 6.15.